The molecule has 1 N–H and O–H groups in total. The fraction of sp³-hybridized carbons (Fsp3) is 0.560. The fourth-order valence-corrected chi connectivity index (χ4v) is 3.72. The number of aromatic nitrogens is 1. The minimum Gasteiger partial charge on any atom is -0.428 e. The molecule has 1 aromatic heterocycles. The van der Waals surface area contributed by atoms with E-state index in [1.807, 2.05) is 25.1 Å². The Morgan fingerprint density at radius 2 is 1.41 bits per heavy atom. The second-order valence-electron chi connectivity index (χ2n) is 8.03. The van der Waals surface area contributed by atoms with Gasteiger partial charge in [0.05, 0.1) is 18.0 Å². The van der Waals surface area contributed by atoms with Gasteiger partial charge in [-0.15, -0.1) is 0 Å². The molecule has 29 heavy (non-hydrogen) atoms. The normalized spacial score (nSPS) is 11.1. The quantitative estimate of drug-likeness (QED) is 0.337. The summed E-state index contributed by atoms with van der Waals surface area (Å²) in [5, 5.41) is 10.1. The molecule has 0 fully saturated rings. The predicted molar refractivity (Wildman–Crippen MR) is 119 cm³/mol. The Morgan fingerprint density at radius 3 is 2.07 bits per heavy atom. The van der Waals surface area contributed by atoms with E-state index in [2.05, 4.69) is 12.1 Å². The van der Waals surface area contributed by atoms with E-state index in [1.54, 1.807) is 13.8 Å². The van der Waals surface area contributed by atoms with Gasteiger partial charge in [0.25, 0.3) is 0 Å². The fourth-order valence-electron chi connectivity index (χ4n) is 3.72. The minimum absolute atomic E-state index is 0.0970. The molecule has 0 spiro atoms. The van der Waals surface area contributed by atoms with Crippen molar-refractivity contribution in [3.05, 3.63) is 68.6 Å². The van der Waals surface area contributed by atoms with Gasteiger partial charge in [-0.05, 0) is 45.6 Å². The third kappa shape index (κ3) is 7.36. The number of ether oxygens (including phenoxy) is 1. The molecule has 2 aromatic rings. The highest BCUT2D eigenvalue weighted by Crippen LogP contribution is 2.14. The first-order valence-electron chi connectivity index (χ1n) is 11.0. The van der Waals surface area contributed by atoms with Gasteiger partial charge in [-0.2, -0.15) is 4.73 Å². The van der Waals surface area contributed by atoms with Crippen molar-refractivity contribution >= 4 is 0 Å². The molecule has 0 saturated heterocycles. The van der Waals surface area contributed by atoms with E-state index in [4.69, 9.17) is 4.74 Å². The van der Waals surface area contributed by atoms with Crippen LogP contribution in [0, 0.1) is 20.8 Å². The van der Waals surface area contributed by atoms with Gasteiger partial charge in [0.15, 0.2) is 5.43 Å². The molecule has 0 aliphatic rings. The Morgan fingerprint density at radius 1 is 0.828 bits per heavy atom. The van der Waals surface area contributed by atoms with Gasteiger partial charge in [0.2, 0.25) is 0 Å². The SMILES string of the molecule is Cc1c(C)n(O)c(C)c(CCCCCCCCCCOCc2ccccc2)c1=O. The summed E-state index contributed by atoms with van der Waals surface area (Å²) in [4.78, 5) is 12.4. The van der Waals surface area contributed by atoms with Crippen LogP contribution >= 0.6 is 0 Å². The van der Waals surface area contributed by atoms with Crippen molar-refractivity contribution in [2.45, 2.75) is 85.2 Å². The second kappa shape index (κ2) is 12.5. The van der Waals surface area contributed by atoms with Gasteiger partial charge in [0, 0.05) is 17.7 Å². The van der Waals surface area contributed by atoms with Gasteiger partial charge >= 0.3 is 0 Å². The summed E-state index contributed by atoms with van der Waals surface area (Å²) in [6.45, 7) is 6.95. The number of hydrogen-bond acceptors (Lipinski definition) is 3. The lowest BCUT2D eigenvalue weighted by molar-refractivity contribution is 0.116. The molecule has 0 aliphatic heterocycles. The van der Waals surface area contributed by atoms with Crippen LogP contribution in [0.3, 0.4) is 0 Å². The molecule has 0 atom stereocenters. The van der Waals surface area contributed by atoms with Crippen molar-refractivity contribution < 1.29 is 9.94 Å². The maximum absolute atomic E-state index is 12.4. The molecular weight excluding hydrogens is 362 g/mol. The molecule has 0 bridgehead atoms. The Hall–Kier alpha value is -2.07. The van der Waals surface area contributed by atoms with Crippen molar-refractivity contribution in [2.75, 3.05) is 6.61 Å². The van der Waals surface area contributed by atoms with E-state index in [1.165, 1.54) is 37.7 Å². The smallest absolute Gasteiger partial charge is 0.188 e. The average Bonchev–Trinajstić information content (AvgIpc) is 2.74. The van der Waals surface area contributed by atoms with E-state index in [0.29, 0.717) is 23.6 Å². The standard InChI is InChI=1S/C25H37NO3/c1-20-21(2)26(28)22(3)24(25(20)27)17-13-8-6-4-5-7-9-14-18-29-19-23-15-11-10-12-16-23/h10-12,15-16,28H,4-9,13-14,17-19H2,1-3H3. The number of benzene rings is 1. The summed E-state index contributed by atoms with van der Waals surface area (Å²) < 4.78 is 6.88. The Labute approximate surface area is 175 Å². The molecular formula is C25H37NO3. The van der Waals surface area contributed by atoms with E-state index in [0.717, 1.165) is 42.6 Å². The largest absolute Gasteiger partial charge is 0.428 e. The summed E-state index contributed by atoms with van der Waals surface area (Å²) in [5.41, 5.74) is 4.09. The van der Waals surface area contributed by atoms with Crippen LogP contribution in [0.1, 0.15) is 79.4 Å². The first-order chi connectivity index (χ1) is 14.0. The molecule has 4 nitrogen and oxygen atoms in total. The van der Waals surface area contributed by atoms with Crippen molar-refractivity contribution in [1.82, 2.24) is 4.73 Å². The van der Waals surface area contributed by atoms with Crippen molar-refractivity contribution in [3.63, 3.8) is 0 Å². The van der Waals surface area contributed by atoms with Crippen LogP contribution in [-0.4, -0.2) is 16.5 Å². The zero-order valence-electron chi connectivity index (χ0n) is 18.4. The monoisotopic (exact) mass is 399 g/mol. The molecule has 1 aromatic carbocycles. The number of unbranched alkanes of at least 4 members (excludes halogenated alkanes) is 7. The van der Waals surface area contributed by atoms with Crippen LogP contribution in [0.4, 0.5) is 0 Å². The van der Waals surface area contributed by atoms with E-state index >= 15 is 0 Å². The Kier molecular flexibility index (Phi) is 9.99. The maximum atomic E-state index is 12.4. The van der Waals surface area contributed by atoms with Crippen LogP contribution in [0.25, 0.3) is 0 Å². The minimum atomic E-state index is 0.0970. The molecule has 1 heterocycles. The highest BCUT2D eigenvalue weighted by Gasteiger charge is 2.13. The molecule has 4 heteroatoms. The predicted octanol–water partition coefficient (Wildman–Crippen LogP) is 5.89. The zero-order valence-corrected chi connectivity index (χ0v) is 18.4. The summed E-state index contributed by atoms with van der Waals surface area (Å²) in [6, 6.07) is 10.3. The molecule has 0 amide bonds. The lowest BCUT2D eigenvalue weighted by atomic mass is 10.0. The van der Waals surface area contributed by atoms with Crippen LogP contribution in [-0.2, 0) is 17.8 Å². The molecule has 160 valence electrons. The number of nitrogens with zero attached hydrogens (tertiary/aromatic N) is 1. The van der Waals surface area contributed by atoms with Crippen LogP contribution in [0.15, 0.2) is 35.1 Å². The van der Waals surface area contributed by atoms with Crippen molar-refractivity contribution in [3.8, 4) is 0 Å². The lowest BCUT2D eigenvalue weighted by Crippen LogP contribution is -2.22. The summed E-state index contributed by atoms with van der Waals surface area (Å²) in [7, 11) is 0. The first kappa shape index (κ1) is 23.2. The maximum Gasteiger partial charge on any atom is 0.188 e. The zero-order chi connectivity index (χ0) is 21.1. The topological polar surface area (TPSA) is 51.5 Å². The van der Waals surface area contributed by atoms with Gasteiger partial charge in [0.1, 0.15) is 0 Å². The van der Waals surface area contributed by atoms with E-state index in [9.17, 15) is 10.0 Å². The summed E-state index contributed by atoms with van der Waals surface area (Å²) >= 11 is 0. The molecule has 0 radical (unpaired) electrons. The highest BCUT2D eigenvalue weighted by molar-refractivity contribution is 5.29. The third-order valence-electron chi connectivity index (χ3n) is 5.81. The van der Waals surface area contributed by atoms with Crippen LogP contribution in [0.2, 0.25) is 0 Å². The number of rotatable bonds is 13. The Balaban J connectivity index is 1.49. The summed E-state index contributed by atoms with van der Waals surface area (Å²) in [6.07, 6.45) is 10.3. The van der Waals surface area contributed by atoms with Crippen LogP contribution < -0.4 is 5.43 Å². The first-order valence-corrected chi connectivity index (χ1v) is 11.0. The molecule has 2 rings (SSSR count). The Bertz CT molecular complexity index is 796. The number of pyridine rings is 1. The highest BCUT2D eigenvalue weighted by atomic mass is 16.5. The van der Waals surface area contributed by atoms with Crippen LogP contribution in [0.5, 0.6) is 0 Å². The third-order valence-corrected chi connectivity index (χ3v) is 5.81. The molecule has 0 aliphatic carbocycles. The average molecular weight is 400 g/mol. The van der Waals surface area contributed by atoms with Gasteiger partial charge in [-0.25, -0.2) is 0 Å². The van der Waals surface area contributed by atoms with Gasteiger partial charge in [-0.1, -0.05) is 68.9 Å². The molecule has 0 saturated carbocycles. The van der Waals surface area contributed by atoms with Gasteiger partial charge < -0.3 is 9.94 Å². The second-order valence-corrected chi connectivity index (χ2v) is 8.03. The van der Waals surface area contributed by atoms with E-state index in [-0.39, 0.29) is 5.43 Å². The van der Waals surface area contributed by atoms with Crippen molar-refractivity contribution in [1.29, 1.82) is 0 Å². The summed E-state index contributed by atoms with van der Waals surface area (Å²) in [5.74, 6) is 0. The molecule has 0 unspecified atom stereocenters. The van der Waals surface area contributed by atoms with Gasteiger partial charge in [-0.3, -0.25) is 4.79 Å². The van der Waals surface area contributed by atoms with Crippen molar-refractivity contribution in [2.24, 2.45) is 0 Å². The number of hydrogen-bond donors (Lipinski definition) is 1. The lowest BCUT2D eigenvalue weighted by Gasteiger charge is -2.14. The van der Waals surface area contributed by atoms with E-state index < -0.39 is 0 Å².